The van der Waals surface area contributed by atoms with E-state index in [-0.39, 0.29) is 16.4 Å². The van der Waals surface area contributed by atoms with Gasteiger partial charge in [0, 0.05) is 6.07 Å². The average molecular weight is 449 g/mol. The maximum Gasteiger partial charge on any atom is 0.298 e. The third-order valence-electron chi connectivity index (χ3n) is 5.40. The van der Waals surface area contributed by atoms with Crippen LogP contribution in [0.5, 0.6) is 17.2 Å². The van der Waals surface area contributed by atoms with Gasteiger partial charge in [0.25, 0.3) is 10.1 Å². The number of rotatable bonds is 15. The first-order chi connectivity index (χ1) is 14.9. The van der Waals surface area contributed by atoms with Gasteiger partial charge in [0.1, 0.15) is 16.4 Å². The highest BCUT2D eigenvalue weighted by Gasteiger charge is 2.18. The molecule has 2 N–H and O–H groups in total. The van der Waals surface area contributed by atoms with Gasteiger partial charge in [-0.15, -0.1) is 0 Å². The summed E-state index contributed by atoms with van der Waals surface area (Å²) in [5, 5.41) is 9.65. The fourth-order valence-electron chi connectivity index (χ4n) is 3.67. The lowest BCUT2D eigenvalue weighted by molar-refractivity contribution is 0.437. The van der Waals surface area contributed by atoms with Crippen LogP contribution in [-0.2, 0) is 16.5 Å². The molecule has 0 atom stereocenters. The molecule has 0 bridgehead atoms. The molecule has 172 valence electrons. The summed E-state index contributed by atoms with van der Waals surface area (Å²) in [6.45, 7) is 2.25. The Hall–Kier alpha value is -2.05. The summed E-state index contributed by atoms with van der Waals surface area (Å²) in [6.07, 6.45) is 15.2. The van der Waals surface area contributed by atoms with Crippen LogP contribution in [0, 0.1) is 0 Å². The van der Waals surface area contributed by atoms with Crippen LogP contribution in [-0.4, -0.2) is 18.1 Å². The summed E-state index contributed by atoms with van der Waals surface area (Å²) >= 11 is 0. The van der Waals surface area contributed by atoms with Crippen LogP contribution in [0.2, 0.25) is 0 Å². The highest BCUT2D eigenvalue weighted by molar-refractivity contribution is 7.86. The van der Waals surface area contributed by atoms with E-state index in [1.165, 1.54) is 76.3 Å². The number of phenols is 1. The van der Waals surface area contributed by atoms with Crippen molar-refractivity contribution in [2.24, 2.45) is 0 Å². The Morgan fingerprint density at radius 1 is 0.806 bits per heavy atom. The van der Waals surface area contributed by atoms with E-state index in [2.05, 4.69) is 6.92 Å². The summed E-state index contributed by atoms with van der Waals surface area (Å²) < 4.78 is 38.1. The van der Waals surface area contributed by atoms with Crippen LogP contribution >= 0.6 is 0 Å². The van der Waals surface area contributed by atoms with Crippen molar-refractivity contribution in [3.05, 3.63) is 48.0 Å². The van der Waals surface area contributed by atoms with Crippen LogP contribution in [0.25, 0.3) is 0 Å². The largest absolute Gasteiger partial charge is 0.508 e. The lowest BCUT2D eigenvalue weighted by Crippen LogP contribution is -2.01. The predicted molar refractivity (Wildman–Crippen MR) is 125 cm³/mol. The van der Waals surface area contributed by atoms with Gasteiger partial charge in [0.05, 0.1) is 0 Å². The van der Waals surface area contributed by atoms with Gasteiger partial charge in [-0.2, -0.15) is 8.42 Å². The molecule has 0 spiro atoms. The molecule has 2 aromatic rings. The molecule has 5 nitrogen and oxygen atoms in total. The van der Waals surface area contributed by atoms with Crippen molar-refractivity contribution < 1.29 is 22.8 Å². The van der Waals surface area contributed by atoms with E-state index >= 15 is 0 Å². The van der Waals surface area contributed by atoms with Crippen LogP contribution in [0.3, 0.4) is 0 Å². The van der Waals surface area contributed by atoms with Crippen molar-refractivity contribution in [1.29, 1.82) is 0 Å². The second kappa shape index (κ2) is 13.4. The number of aromatic hydroxyl groups is 1. The Morgan fingerprint density at radius 2 is 1.42 bits per heavy atom. The summed E-state index contributed by atoms with van der Waals surface area (Å²) in [5.41, 5.74) is 1.11. The van der Waals surface area contributed by atoms with Gasteiger partial charge in [-0.05, 0) is 42.7 Å². The number of unbranched alkanes of at least 4 members (excludes halogenated alkanes) is 10. The Bertz CT molecular complexity index is 893. The van der Waals surface area contributed by atoms with E-state index in [4.69, 9.17) is 4.74 Å². The molecule has 0 saturated carbocycles. The molecule has 31 heavy (non-hydrogen) atoms. The Kier molecular flexibility index (Phi) is 10.9. The molecule has 0 fully saturated rings. The van der Waals surface area contributed by atoms with Crippen molar-refractivity contribution in [2.45, 2.75) is 88.9 Å². The summed E-state index contributed by atoms with van der Waals surface area (Å²) in [6, 6.07) is 11.0. The summed E-state index contributed by atoms with van der Waals surface area (Å²) in [7, 11) is -4.45. The van der Waals surface area contributed by atoms with Crippen LogP contribution in [0.15, 0.2) is 47.4 Å². The van der Waals surface area contributed by atoms with E-state index < -0.39 is 10.1 Å². The minimum atomic E-state index is -4.45. The van der Waals surface area contributed by atoms with Crippen molar-refractivity contribution in [1.82, 2.24) is 0 Å². The number of phenolic OH excluding ortho intramolecular Hbond substituents is 1. The molecule has 6 heteroatoms. The van der Waals surface area contributed by atoms with Gasteiger partial charge < -0.3 is 9.84 Å². The van der Waals surface area contributed by atoms with Crippen molar-refractivity contribution >= 4 is 10.1 Å². The highest BCUT2D eigenvalue weighted by Crippen LogP contribution is 2.32. The Balaban J connectivity index is 1.75. The molecule has 0 amide bonds. The molecule has 0 aliphatic rings. The lowest BCUT2D eigenvalue weighted by Gasteiger charge is -2.11. The normalized spacial score (nSPS) is 11.5. The molecule has 2 rings (SSSR count). The van der Waals surface area contributed by atoms with E-state index in [1.54, 1.807) is 6.07 Å². The van der Waals surface area contributed by atoms with E-state index in [0.717, 1.165) is 24.5 Å². The molecule has 0 aliphatic carbocycles. The topological polar surface area (TPSA) is 83.8 Å². The maximum atomic E-state index is 11.5. The van der Waals surface area contributed by atoms with E-state index in [9.17, 15) is 18.1 Å². The fraction of sp³-hybridized carbons (Fsp3) is 0.520. The average Bonchev–Trinajstić information content (AvgIpc) is 2.71. The highest BCUT2D eigenvalue weighted by atomic mass is 32.2. The van der Waals surface area contributed by atoms with Crippen molar-refractivity contribution in [3.63, 3.8) is 0 Å². The maximum absolute atomic E-state index is 11.5. The monoisotopic (exact) mass is 448 g/mol. The van der Waals surface area contributed by atoms with E-state index in [0.29, 0.717) is 5.75 Å². The summed E-state index contributed by atoms with van der Waals surface area (Å²) in [4.78, 5) is -0.374. The number of ether oxygens (including phenoxy) is 1. The number of hydrogen-bond acceptors (Lipinski definition) is 4. The quantitative estimate of drug-likeness (QED) is 0.221. The Morgan fingerprint density at radius 3 is 2.03 bits per heavy atom. The number of aryl methyl sites for hydroxylation is 1. The fourth-order valence-corrected chi connectivity index (χ4v) is 4.27. The second-order valence-corrected chi connectivity index (χ2v) is 9.53. The van der Waals surface area contributed by atoms with Gasteiger partial charge in [0.2, 0.25) is 0 Å². The molecule has 0 aromatic heterocycles. The number of benzene rings is 2. The molecule has 0 aliphatic heterocycles. The first-order valence-electron chi connectivity index (χ1n) is 11.5. The third-order valence-corrected chi connectivity index (χ3v) is 6.29. The van der Waals surface area contributed by atoms with E-state index in [1.807, 2.05) is 18.2 Å². The van der Waals surface area contributed by atoms with Crippen molar-refractivity contribution in [2.75, 3.05) is 0 Å². The molecule has 0 unspecified atom stereocenters. The molecule has 0 heterocycles. The standard InChI is InChI=1S/C25H36O5S/c1-2-3-4-5-6-7-8-9-10-11-12-14-21-15-13-16-23(19-21)30-24-20-22(26)17-18-25(24)31(27,28)29/h13,15-20,26H,2-12,14H2,1H3,(H,27,28,29). The number of hydrogen-bond donors (Lipinski definition) is 2. The zero-order valence-corrected chi connectivity index (χ0v) is 19.4. The van der Waals surface area contributed by atoms with Gasteiger partial charge in [-0.3, -0.25) is 4.55 Å². The second-order valence-electron chi connectivity index (χ2n) is 8.14. The first kappa shape index (κ1) is 25.2. The van der Waals surface area contributed by atoms with Gasteiger partial charge in [0.15, 0.2) is 5.75 Å². The van der Waals surface area contributed by atoms with Crippen LogP contribution in [0.4, 0.5) is 0 Å². The minimum Gasteiger partial charge on any atom is -0.508 e. The zero-order valence-electron chi connectivity index (χ0n) is 18.6. The predicted octanol–water partition coefficient (Wildman–Crippen LogP) is 7.28. The zero-order chi connectivity index (χ0) is 22.5. The van der Waals surface area contributed by atoms with Crippen molar-refractivity contribution in [3.8, 4) is 17.2 Å². The van der Waals surface area contributed by atoms with Gasteiger partial charge in [-0.25, -0.2) is 0 Å². The third kappa shape index (κ3) is 9.74. The smallest absolute Gasteiger partial charge is 0.298 e. The molecular formula is C25H36O5S. The first-order valence-corrected chi connectivity index (χ1v) is 12.9. The van der Waals surface area contributed by atoms with Crippen LogP contribution < -0.4 is 4.74 Å². The SMILES string of the molecule is CCCCCCCCCCCCCc1cccc(Oc2cc(O)ccc2S(=O)(=O)O)c1. The van der Waals surface area contributed by atoms with Gasteiger partial charge >= 0.3 is 0 Å². The minimum absolute atomic E-state index is 0.102. The lowest BCUT2D eigenvalue weighted by atomic mass is 10.0. The molecule has 2 aromatic carbocycles. The molecule has 0 saturated heterocycles. The molecule has 0 radical (unpaired) electrons. The molecular weight excluding hydrogens is 412 g/mol. The summed E-state index contributed by atoms with van der Waals surface area (Å²) in [5.74, 6) is 0.227. The van der Waals surface area contributed by atoms with Gasteiger partial charge in [-0.1, -0.05) is 83.3 Å². The van der Waals surface area contributed by atoms with Crippen LogP contribution in [0.1, 0.15) is 83.1 Å². The Labute approximate surface area is 187 Å².